The number of aryl methyl sites for hydroxylation is 2. The van der Waals surface area contributed by atoms with Crippen LogP contribution in [0.25, 0.3) is 0 Å². The van der Waals surface area contributed by atoms with E-state index in [4.69, 9.17) is 9.84 Å². The van der Waals surface area contributed by atoms with Gasteiger partial charge in [-0.15, -0.1) is 0 Å². The first-order valence-electron chi connectivity index (χ1n) is 6.54. The van der Waals surface area contributed by atoms with Crippen LogP contribution in [0.3, 0.4) is 0 Å². The van der Waals surface area contributed by atoms with Gasteiger partial charge in [-0.05, 0) is 42.7 Å². The Hall–Kier alpha value is -2.29. The fourth-order valence-corrected chi connectivity index (χ4v) is 2.04. The molecule has 0 aliphatic carbocycles. The highest BCUT2D eigenvalue weighted by atomic mass is 16.5. The third-order valence-electron chi connectivity index (χ3n) is 3.15. The van der Waals surface area contributed by atoms with Crippen molar-refractivity contribution in [1.82, 2.24) is 0 Å². The molecule has 3 nitrogen and oxygen atoms in total. The monoisotopic (exact) mass is 270 g/mol. The lowest BCUT2D eigenvalue weighted by Crippen LogP contribution is -2.01. The van der Waals surface area contributed by atoms with Crippen LogP contribution in [0, 0.1) is 13.8 Å². The summed E-state index contributed by atoms with van der Waals surface area (Å²) >= 11 is 0. The van der Waals surface area contributed by atoms with Crippen LogP contribution < -0.4 is 4.74 Å². The van der Waals surface area contributed by atoms with Crippen molar-refractivity contribution in [1.29, 1.82) is 0 Å². The van der Waals surface area contributed by atoms with Crippen LogP contribution in [-0.4, -0.2) is 11.1 Å². The van der Waals surface area contributed by atoms with Crippen LogP contribution in [0.1, 0.15) is 22.3 Å². The first-order chi connectivity index (χ1) is 9.54. The minimum atomic E-state index is -0.836. The molecule has 2 aromatic carbocycles. The van der Waals surface area contributed by atoms with E-state index in [1.807, 2.05) is 12.1 Å². The van der Waals surface area contributed by atoms with Gasteiger partial charge in [0.2, 0.25) is 0 Å². The molecular formula is C17H18O3. The molecule has 0 aromatic heterocycles. The normalized spacial score (nSPS) is 10.3. The van der Waals surface area contributed by atoms with Crippen molar-refractivity contribution < 1.29 is 14.6 Å². The molecule has 0 saturated carbocycles. The van der Waals surface area contributed by atoms with Crippen molar-refractivity contribution >= 4 is 5.97 Å². The Kier molecular flexibility index (Phi) is 4.41. The highest BCUT2D eigenvalue weighted by Crippen LogP contribution is 2.17. The van der Waals surface area contributed by atoms with E-state index in [1.54, 1.807) is 12.1 Å². The summed E-state index contributed by atoms with van der Waals surface area (Å²) in [5.41, 5.74) is 4.29. The summed E-state index contributed by atoms with van der Waals surface area (Å²) in [4.78, 5) is 10.7. The molecule has 0 heterocycles. The number of carboxylic acids is 1. The Labute approximate surface area is 118 Å². The Morgan fingerprint density at radius 3 is 2.70 bits per heavy atom. The molecule has 0 saturated heterocycles. The molecule has 20 heavy (non-hydrogen) atoms. The Morgan fingerprint density at radius 1 is 1.15 bits per heavy atom. The maximum atomic E-state index is 10.7. The second-order valence-electron chi connectivity index (χ2n) is 4.94. The van der Waals surface area contributed by atoms with Gasteiger partial charge in [-0.2, -0.15) is 0 Å². The summed E-state index contributed by atoms with van der Waals surface area (Å²) in [7, 11) is 0. The minimum absolute atomic E-state index is 0.0146. The number of hydrogen-bond donors (Lipinski definition) is 1. The zero-order valence-electron chi connectivity index (χ0n) is 11.7. The second-order valence-corrected chi connectivity index (χ2v) is 4.94. The highest BCUT2D eigenvalue weighted by Gasteiger charge is 2.04. The number of rotatable bonds is 5. The number of ether oxygens (including phenoxy) is 1. The van der Waals surface area contributed by atoms with E-state index in [1.165, 1.54) is 11.1 Å². The van der Waals surface area contributed by atoms with Gasteiger partial charge in [0.1, 0.15) is 12.4 Å². The van der Waals surface area contributed by atoms with Crippen molar-refractivity contribution in [2.24, 2.45) is 0 Å². The standard InChI is InChI=1S/C17H18O3/c1-12-6-7-13(2)15(8-12)11-20-16-5-3-4-14(9-16)10-17(18)19/h3-9H,10-11H2,1-2H3,(H,18,19). The van der Waals surface area contributed by atoms with E-state index in [2.05, 4.69) is 32.0 Å². The molecule has 3 heteroatoms. The van der Waals surface area contributed by atoms with Gasteiger partial charge in [-0.1, -0.05) is 35.9 Å². The predicted molar refractivity (Wildman–Crippen MR) is 78.0 cm³/mol. The summed E-state index contributed by atoms with van der Waals surface area (Å²) in [5.74, 6) is -0.138. The molecule has 0 atom stereocenters. The SMILES string of the molecule is Cc1ccc(C)c(COc2cccc(CC(=O)O)c2)c1. The van der Waals surface area contributed by atoms with Crippen LogP contribution in [0.2, 0.25) is 0 Å². The van der Waals surface area contributed by atoms with E-state index in [9.17, 15) is 4.79 Å². The molecule has 0 radical (unpaired) electrons. The largest absolute Gasteiger partial charge is 0.489 e. The van der Waals surface area contributed by atoms with Crippen LogP contribution in [0.4, 0.5) is 0 Å². The maximum absolute atomic E-state index is 10.7. The Morgan fingerprint density at radius 2 is 1.95 bits per heavy atom. The molecule has 2 aromatic rings. The fourth-order valence-electron chi connectivity index (χ4n) is 2.04. The molecule has 0 aliphatic rings. The van der Waals surface area contributed by atoms with Gasteiger partial charge in [0.25, 0.3) is 0 Å². The topological polar surface area (TPSA) is 46.5 Å². The minimum Gasteiger partial charge on any atom is -0.489 e. The van der Waals surface area contributed by atoms with Crippen molar-refractivity contribution in [3.8, 4) is 5.75 Å². The van der Waals surface area contributed by atoms with Gasteiger partial charge in [-0.25, -0.2) is 0 Å². The van der Waals surface area contributed by atoms with E-state index in [0.717, 1.165) is 11.1 Å². The first kappa shape index (κ1) is 14.1. The number of benzene rings is 2. The maximum Gasteiger partial charge on any atom is 0.307 e. The average Bonchev–Trinajstić information content (AvgIpc) is 2.39. The Balaban J connectivity index is 2.07. The molecule has 0 fully saturated rings. The van der Waals surface area contributed by atoms with Crippen molar-refractivity contribution in [3.05, 3.63) is 64.7 Å². The third kappa shape index (κ3) is 3.85. The molecule has 1 N–H and O–H groups in total. The quantitative estimate of drug-likeness (QED) is 0.904. The molecular weight excluding hydrogens is 252 g/mol. The molecule has 0 unspecified atom stereocenters. The van der Waals surface area contributed by atoms with Crippen LogP contribution in [0.5, 0.6) is 5.75 Å². The van der Waals surface area contributed by atoms with E-state index in [0.29, 0.717) is 12.4 Å². The summed E-state index contributed by atoms with van der Waals surface area (Å²) < 4.78 is 5.76. The van der Waals surface area contributed by atoms with Crippen LogP contribution >= 0.6 is 0 Å². The Bertz CT molecular complexity index is 617. The van der Waals surface area contributed by atoms with Crippen molar-refractivity contribution in [2.45, 2.75) is 26.9 Å². The van der Waals surface area contributed by atoms with Gasteiger partial charge in [0.15, 0.2) is 0 Å². The second kappa shape index (κ2) is 6.24. The molecule has 2 rings (SSSR count). The summed E-state index contributed by atoms with van der Waals surface area (Å²) in [6.45, 7) is 4.60. The first-order valence-corrected chi connectivity index (χ1v) is 6.54. The zero-order chi connectivity index (χ0) is 14.5. The van der Waals surface area contributed by atoms with E-state index >= 15 is 0 Å². The van der Waals surface area contributed by atoms with Gasteiger partial charge in [0.05, 0.1) is 6.42 Å². The number of carboxylic acid groups (broad SMARTS) is 1. The molecule has 0 spiro atoms. The lowest BCUT2D eigenvalue weighted by Gasteiger charge is -2.10. The van der Waals surface area contributed by atoms with Gasteiger partial charge in [0, 0.05) is 0 Å². The van der Waals surface area contributed by atoms with E-state index < -0.39 is 5.97 Å². The van der Waals surface area contributed by atoms with Crippen molar-refractivity contribution in [3.63, 3.8) is 0 Å². The number of carbonyl (C=O) groups is 1. The number of aliphatic carboxylic acids is 1. The average molecular weight is 270 g/mol. The lowest BCUT2D eigenvalue weighted by atomic mass is 10.1. The summed E-state index contributed by atoms with van der Waals surface area (Å²) in [6, 6.07) is 13.5. The third-order valence-corrected chi connectivity index (χ3v) is 3.15. The molecule has 0 aliphatic heterocycles. The van der Waals surface area contributed by atoms with Gasteiger partial charge < -0.3 is 9.84 Å². The van der Waals surface area contributed by atoms with Crippen LogP contribution in [0.15, 0.2) is 42.5 Å². The molecule has 0 bridgehead atoms. The molecule has 0 amide bonds. The predicted octanol–water partition coefficient (Wildman–Crippen LogP) is 3.51. The highest BCUT2D eigenvalue weighted by molar-refractivity contribution is 5.70. The number of hydrogen-bond acceptors (Lipinski definition) is 2. The molecule has 104 valence electrons. The smallest absolute Gasteiger partial charge is 0.307 e. The zero-order valence-corrected chi connectivity index (χ0v) is 11.7. The lowest BCUT2D eigenvalue weighted by molar-refractivity contribution is -0.136. The summed E-state index contributed by atoms with van der Waals surface area (Å²) in [5, 5.41) is 8.79. The van der Waals surface area contributed by atoms with Crippen molar-refractivity contribution in [2.75, 3.05) is 0 Å². The van der Waals surface area contributed by atoms with E-state index in [-0.39, 0.29) is 6.42 Å². The van der Waals surface area contributed by atoms with Gasteiger partial charge >= 0.3 is 5.97 Å². The van der Waals surface area contributed by atoms with Gasteiger partial charge in [-0.3, -0.25) is 4.79 Å². The fraction of sp³-hybridized carbons (Fsp3) is 0.235. The summed E-state index contributed by atoms with van der Waals surface area (Å²) in [6.07, 6.45) is 0.0146. The van der Waals surface area contributed by atoms with Crippen LogP contribution in [-0.2, 0) is 17.8 Å².